The van der Waals surface area contributed by atoms with Crippen LogP contribution in [0.1, 0.15) is 113 Å². The Bertz CT molecular complexity index is 6030. The molecular weight excluding hydrogens is 1620 g/mol. The third-order valence-electron chi connectivity index (χ3n) is 23.5. The molecule has 0 atom stereocenters. The Hall–Kier alpha value is -12.1. The van der Waals surface area contributed by atoms with Crippen molar-refractivity contribution >= 4 is 57.6 Å². The van der Waals surface area contributed by atoms with Gasteiger partial charge in [0.05, 0.1) is 55.6 Å². The van der Waals surface area contributed by atoms with Crippen molar-refractivity contribution in [3.05, 3.63) is 297 Å². The SMILES string of the molecule is CCc1cc(-c2cc(C)c(F)c(C)c2)nn1CC(=O)N1CCc2nc(C)sc2CC1.CCc1cccc(-c2cc(CC)n(CC(=O)N3CCc4nc(C)sc4CC3)n2)c1.Cc1cc(-c2cc(-c3ccccc3)n(CC(=O)N3CCc4cccnc4CC3)n2)ccc1F.Cc1cc(-c2cc(-c3ccccc3)n(CC(=O)N3CCc4ccsc4CC3)n2)ccc1F. The second-order valence-electron chi connectivity index (χ2n) is 32.1. The van der Waals surface area contributed by atoms with Crippen molar-refractivity contribution in [2.75, 3.05) is 52.4 Å². The van der Waals surface area contributed by atoms with Gasteiger partial charge in [0.15, 0.2) is 0 Å². The van der Waals surface area contributed by atoms with Crippen molar-refractivity contribution in [1.82, 2.24) is 73.7 Å². The van der Waals surface area contributed by atoms with Crippen molar-refractivity contribution in [1.29, 1.82) is 0 Å². The molecule has 4 aliphatic heterocycles. The summed E-state index contributed by atoms with van der Waals surface area (Å²) in [5, 5.41) is 23.4. The zero-order chi connectivity index (χ0) is 86.7. The zero-order valence-corrected chi connectivity index (χ0v) is 74.3. The van der Waals surface area contributed by atoms with Crippen LogP contribution in [0.5, 0.6) is 0 Å². The number of thiazole rings is 2. The summed E-state index contributed by atoms with van der Waals surface area (Å²) in [4.78, 5) is 78.1. The first-order chi connectivity index (χ1) is 60.1. The van der Waals surface area contributed by atoms with E-state index in [1.807, 2.05) is 134 Å². The van der Waals surface area contributed by atoms with E-state index in [4.69, 9.17) is 20.4 Å². The number of fused-ring (bicyclic) bond motifs is 4. The van der Waals surface area contributed by atoms with E-state index in [1.165, 1.54) is 49.1 Å². The van der Waals surface area contributed by atoms with E-state index in [-0.39, 0.29) is 60.7 Å². The minimum atomic E-state index is -0.242. The number of carbonyl (C=O) groups is 4. The summed E-state index contributed by atoms with van der Waals surface area (Å²) in [5.74, 6) is -0.327. The summed E-state index contributed by atoms with van der Waals surface area (Å²) in [5.41, 5.74) is 22.3. The number of aryl methyl sites for hydroxylation is 9. The summed E-state index contributed by atoms with van der Waals surface area (Å²) in [6.45, 7) is 24.0. The number of carbonyl (C=O) groups excluding carboxylic acids is 4. The van der Waals surface area contributed by atoms with Crippen molar-refractivity contribution in [2.24, 2.45) is 0 Å². The molecule has 8 aromatic heterocycles. The van der Waals surface area contributed by atoms with E-state index in [1.54, 1.807) is 100 Å². The highest BCUT2D eigenvalue weighted by Gasteiger charge is 2.29. The van der Waals surface area contributed by atoms with Gasteiger partial charge in [-0.15, -0.1) is 34.0 Å². The first kappa shape index (κ1) is 86.9. The normalized spacial score (nSPS) is 13.7. The molecule has 14 aromatic rings. The molecule has 0 aliphatic carbocycles. The number of hydrogen-bond acceptors (Lipinski definition) is 14. The van der Waals surface area contributed by atoms with Crippen LogP contribution in [0.2, 0.25) is 0 Å². The molecule has 0 radical (unpaired) electrons. The van der Waals surface area contributed by atoms with E-state index >= 15 is 0 Å². The molecule has 0 saturated heterocycles. The first-order valence-corrected chi connectivity index (χ1v) is 45.4. The highest BCUT2D eigenvalue weighted by molar-refractivity contribution is 7.12. The third kappa shape index (κ3) is 20.7. The lowest BCUT2D eigenvalue weighted by Gasteiger charge is -2.21. The fourth-order valence-corrected chi connectivity index (χ4v) is 19.4. The highest BCUT2D eigenvalue weighted by Crippen LogP contribution is 2.34. The van der Waals surface area contributed by atoms with E-state index in [0.29, 0.717) is 48.4 Å². The number of aromatic nitrogens is 11. The van der Waals surface area contributed by atoms with Crippen LogP contribution in [0.3, 0.4) is 0 Å². The summed E-state index contributed by atoms with van der Waals surface area (Å²) in [6, 6.07) is 56.3. The van der Waals surface area contributed by atoms with Gasteiger partial charge in [-0.3, -0.25) is 42.9 Å². The molecule has 0 unspecified atom stereocenters. The Morgan fingerprint density at radius 1 is 0.355 bits per heavy atom. The third-order valence-corrected chi connectivity index (χ3v) is 26.7. The number of benzene rings is 6. The van der Waals surface area contributed by atoms with Crippen molar-refractivity contribution in [2.45, 2.75) is 159 Å². The second kappa shape index (κ2) is 39.6. The number of nitrogens with zero attached hydrogens (tertiary/aromatic N) is 15. The molecule has 638 valence electrons. The monoisotopic (exact) mass is 1720 g/mol. The van der Waals surface area contributed by atoms with Crippen LogP contribution in [-0.4, -0.2) is 150 Å². The van der Waals surface area contributed by atoms with Crippen LogP contribution in [0, 0.1) is 59.0 Å². The molecule has 0 bridgehead atoms. The maximum atomic E-state index is 14.0. The fourth-order valence-electron chi connectivity index (χ4n) is 16.6. The minimum Gasteiger partial charge on any atom is -0.340 e. The molecule has 0 fully saturated rings. The second-order valence-corrected chi connectivity index (χ2v) is 35.6. The smallest absolute Gasteiger partial charge is 0.244 e. The maximum absolute atomic E-state index is 14.0. The average molecular weight is 1720 g/mol. The number of halogens is 3. The van der Waals surface area contributed by atoms with Gasteiger partial charge in [-0.2, -0.15) is 20.4 Å². The summed E-state index contributed by atoms with van der Waals surface area (Å²) >= 11 is 5.28. The molecule has 124 heavy (non-hydrogen) atoms. The van der Waals surface area contributed by atoms with Crippen LogP contribution < -0.4 is 0 Å². The lowest BCUT2D eigenvalue weighted by atomic mass is 10.0. The summed E-state index contributed by atoms with van der Waals surface area (Å²) in [6.07, 6.45) is 11.2. The molecular formula is C99H104F3N15O4S3. The summed E-state index contributed by atoms with van der Waals surface area (Å²) < 4.78 is 48.8. The quantitative estimate of drug-likeness (QED) is 0.0843. The van der Waals surface area contributed by atoms with Gasteiger partial charge >= 0.3 is 0 Å². The Kier molecular flexibility index (Phi) is 27.8. The standard InChI is InChI=1S/C27H25FN4O.C26H24FN3OS.C23H27FN4OS.C23H28N4OS/c1-19-16-22(9-10-23(19)28)25-17-26(21-6-3-2-4-7-21)32(30-25)18-27(33)31-14-11-20-8-5-13-29-24(20)12-15-31;1-18-15-21(7-8-22(18)27)23-16-24(19-5-3-2-4-6-19)30(28-23)17-26(31)29-12-9-20-11-14-32-25(20)10-13-29;1-5-18-12-20(17-10-14(2)23(24)15(3)11-17)26-28(18)13-22(29)27-8-6-19-21(7-9-27)30-16(4)25-19;1-4-17-7-6-8-18(13-17)21-14-19(5-2)27(25-21)15-23(28)26-11-9-20-22(10-12-26)29-16(3)24-20/h2-10,13,16-17H,11-12,14-15,18H2,1H3;2-8,11,14-16H,9-10,12-13,17H2,1H3;10-12H,5-9,13H2,1-4H3;6-8,13-14H,4-5,9-12,15H2,1-3H3. The van der Waals surface area contributed by atoms with Crippen LogP contribution in [0.15, 0.2) is 188 Å². The van der Waals surface area contributed by atoms with Crippen LogP contribution in [0.25, 0.3) is 67.5 Å². The minimum absolute atomic E-state index is 0.0323. The van der Waals surface area contributed by atoms with Gasteiger partial charge in [0.25, 0.3) is 0 Å². The molecule has 12 heterocycles. The van der Waals surface area contributed by atoms with Gasteiger partial charge in [-0.1, -0.05) is 106 Å². The molecule has 4 amide bonds. The van der Waals surface area contributed by atoms with E-state index in [9.17, 15) is 32.3 Å². The zero-order valence-electron chi connectivity index (χ0n) is 71.9. The predicted octanol–water partition coefficient (Wildman–Crippen LogP) is 18.4. The Balaban J connectivity index is 0.000000128. The van der Waals surface area contributed by atoms with Gasteiger partial charge in [0.1, 0.15) is 43.6 Å². The van der Waals surface area contributed by atoms with Gasteiger partial charge in [0.2, 0.25) is 23.6 Å². The molecule has 18 rings (SSSR count). The number of pyridine rings is 1. The molecule has 0 spiro atoms. The molecule has 4 aliphatic rings. The highest BCUT2D eigenvalue weighted by atomic mass is 32.1. The largest absolute Gasteiger partial charge is 0.340 e. The predicted molar refractivity (Wildman–Crippen MR) is 487 cm³/mol. The average Bonchev–Trinajstić information content (AvgIpc) is 1.69. The fraction of sp³-hybridized carbons (Fsp3) is 0.323. The van der Waals surface area contributed by atoms with Crippen molar-refractivity contribution < 1.29 is 32.3 Å². The molecule has 0 N–H and O–H groups in total. The number of thiophene rings is 1. The van der Waals surface area contributed by atoms with Gasteiger partial charge < -0.3 is 19.6 Å². The molecule has 25 heteroatoms. The molecule has 0 saturated carbocycles. The van der Waals surface area contributed by atoms with E-state index in [2.05, 4.69) is 90.5 Å². The van der Waals surface area contributed by atoms with Gasteiger partial charge in [-0.05, 0) is 227 Å². The Morgan fingerprint density at radius 3 is 1.23 bits per heavy atom. The lowest BCUT2D eigenvalue weighted by molar-refractivity contribution is -0.132. The summed E-state index contributed by atoms with van der Waals surface area (Å²) in [7, 11) is 0. The number of hydrogen-bond donors (Lipinski definition) is 0. The maximum Gasteiger partial charge on any atom is 0.244 e. The lowest BCUT2D eigenvalue weighted by Crippen LogP contribution is -2.36. The topological polar surface area (TPSA) is 191 Å². The van der Waals surface area contributed by atoms with Crippen LogP contribution >= 0.6 is 34.0 Å². The van der Waals surface area contributed by atoms with Crippen LogP contribution in [-0.2, 0) is 116 Å². The van der Waals surface area contributed by atoms with E-state index in [0.717, 1.165) is 204 Å². The number of amides is 4. The molecule has 19 nitrogen and oxygen atoms in total. The van der Waals surface area contributed by atoms with E-state index < -0.39 is 0 Å². The van der Waals surface area contributed by atoms with Gasteiger partial charge in [0, 0.05) is 145 Å². The Labute approximate surface area is 734 Å². The number of rotatable bonds is 17. The van der Waals surface area contributed by atoms with Crippen molar-refractivity contribution in [3.8, 4) is 67.5 Å². The first-order valence-electron chi connectivity index (χ1n) is 42.9. The van der Waals surface area contributed by atoms with Crippen LogP contribution in [0.4, 0.5) is 13.2 Å². The Morgan fingerprint density at radius 2 is 0.758 bits per heavy atom. The van der Waals surface area contributed by atoms with Crippen molar-refractivity contribution in [3.63, 3.8) is 0 Å². The molecule has 6 aromatic carbocycles. The van der Waals surface area contributed by atoms with Gasteiger partial charge in [-0.25, -0.2) is 23.1 Å².